The van der Waals surface area contributed by atoms with E-state index in [9.17, 15) is 39.6 Å². The molecule has 2 aliphatic heterocycles. The van der Waals surface area contributed by atoms with Crippen LogP contribution in [-0.2, 0) is 32.1 Å². The van der Waals surface area contributed by atoms with Gasteiger partial charge < -0.3 is 41.1 Å². The average Bonchev–Trinajstić information content (AvgIpc) is 3.37. The summed E-state index contributed by atoms with van der Waals surface area (Å²) in [5, 5.41) is 42.6. The number of nitrogens with zero attached hydrogens (tertiary/aromatic N) is 6. The lowest BCUT2D eigenvalue weighted by Gasteiger charge is -2.33. The van der Waals surface area contributed by atoms with Crippen molar-refractivity contribution in [3.8, 4) is 12.1 Å². The quantitative estimate of drug-likeness (QED) is 0.0649. The van der Waals surface area contributed by atoms with Gasteiger partial charge in [-0.25, -0.2) is 19.6 Å². The number of anilines is 3. The molecule has 6 N–H and O–H groups in total. The molecular formula is C54H61N9O8. The molecule has 0 spiro atoms. The molecular weight excluding hydrogens is 903 g/mol. The Labute approximate surface area is 414 Å². The molecule has 7 rings (SSSR count). The van der Waals surface area contributed by atoms with Gasteiger partial charge in [-0.3, -0.25) is 14.4 Å². The van der Waals surface area contributed by atoms with Gasteiger partial charge in [-0.1, -0.05) is 78.9 Å². The van der Waals surface area contributed by atoms with E-state index in [0.717, 1.165) is 55.6 Å². The minimum atomic E-state index is -1.09. The molecule has 1 atom stereocenters. The summed E-state index contributed by atoms with van der Waals surface area (Å²) in [7, 11) is 0. The first-order chi connectivity index (χ1) is 34.2. The molecule has 4 heterocycles. The van der Waals surface area contributed by atoms with Crippen molar-refractivity contribution >= 4 is 47.0 Å². The molecule has 2 saturated heterocycles. The second kappa shape index (κ2) is 27.1. The number of para-hydroxylation sites is 1. The molecule has 71 heavy (non-hydrogen) atoms. The number of nitrogens with two attached hydrogens (primary N) is 1. The van der Waals surface area contributed by atoms with Gasteiger partial charge in [-0.05, 0) is 100 Å². The van der Waals surface area contributed by atoms with Gasteiger partial charge >= 0.3 is 17.9 Å². The van der Waals surface area contributed by atoms with Gasteiger partial charge in [-0.15, -0.1) is 0 Å². The van der Waals surface area contributed by atoms with Crippen LogP contribution in [0.3, 0.4) is 0 Å². The van der Waals surface area contributed by atoms with E-state index in [1.54, 1.807) is 26.8 Å². The number of hydrogen-bond acceptors (Lipinski definition) is 13. The fourth-order valence-corrected chi connectivity index (χ4v) is 8.24. The van der Waals surface area contributed by atoms with Gasteiger partial charge in [-0.2, -0.15) is 10.5 Å². The zero-order valence-electron chi connectivity index (χ0n) is 40.3. The summed E-state index contributed by atoms with van der Waals surface area (Å²) in [6.45, 7) is 8.73. The zero-order chi connectivity index (χ0) is 51.3. The minimum absolute atomic E-state index is 0.00199. The molecule has 5 aromatic rings. The molecule has 0 saturated carbocycles. The van der Waals surface area contributed by atoms with E-state index < -0.39 is 23.9 Å². The third-order valence-corrected chi connectivity index (χ3v) is 12.1. The Hall–Kier alpha value is -8.15. The number of rotatable bonds is 15. The topological polar surface area (TPSA) is 265 Å². The van der Waals surface area contributed by atoms with Gasteiger partial charge in [0, 0.05) is 51.3 Å². The van der Waals surface area contributed by atoms with Gasteiger partial charge in [0.05, 0.1) is 40.2 Å². The number of aliphatic carboxylic acids is 1. The van der Waals surface area contributed by atoms with Crippen molar-refractivity contribution in [2.45, 2.75) is 78.3 Å². The predicted octanol–water partition coefficient (Wildman–Crippen LogP) is 7.21. The average molecular weight is 964 g/mol. The second-order valence-corrected chi connectivity index (χ2v) is 17.3. The predicted molar refractivity (Wildman–Crippen MR) is 269 cm³/mol. The lowest BCUT2D eigenvalue weighted by molar-refractivity contribution is -0.138. The Balaban J connectivity index is 0.000000216. The molecule has 3 aromatic carbocycles. The largest absolute Gasteiger partial charge is 0.480 e. The monoisotopic (exact) mass is 963 g/mol. The molecule has 17 nitrogen and oxygen atoms in total. The molecule has 2 aromatic heterocycles. The van der Waals surface area contributed by atoms with E-state index in [0.29, 0.717) is 79.0 Å². The molecule has 17 heteroatoms. The second-order valence-electron chi connectivity index (χ2n) is 17.3. The number of aromatic carboxylic acids is 1. The van der Waals surface area contributed by atoms with Crippen LogP contribution in [0.4, 0.5) is 17.3 Å². The van der Waals surface area contributed by atoms with Crippen LogP contribution in [0.15, 0.2) is 103 Å². The van der Waals surface area contributed by atoms with Crippen LogP contribution >= 0.6 is 0 Å². The summed E-state index contributed by atoms with van der Waals surface area (Å²) in [4.78, 5) is 71.3. The van der Waals surface area contributed by atoms with E-state index >= 15 is 0 Å². The Bertz CT molecular complexity index is 2680. The van der Waals surface area contributed by atoms with Crippen molar-refractivity contribution in [3.63, 3.8) is 0 Å². The molecule has 370 valence electrons. The number of aryl methyl sites for hydroxylation is 2. The highest BCUT2D eigenvalue weighted by molar-refractivity contribution is 5.92. The van der Waals surface area contributed by atoms with Crippen LogP contribution in [0, 0.1) is 48.3 Å². The number of carbonyl (C=O) groups is 5. The fraction of sp³-hybridized carbons (Fsp3) is 0.352. The fourth-order valence-electron chi connectivity index (χ4n) is 8.24. The Kier molecular flexibility index (Phi) is 20.6. The van der Waals surface area contributed by atoms with E-state index in [4.69, 9.17) is 15.6 Å². The maximum Gasteiger partial charge on any atom is 0.340 e. The molecule has 2 amide bonds. The molecule has 2 aliphatic rings. The number of aromatic nitrogens is 2. The number of carbonyl (C=O) groups excluding carboxylic acids is 3. The first kappa shape index (κ1) is 53.8. The Morgan fingerprint density at radius 2 is 1.15 bits per heavy atom. The van der Waals surface area contributed by atoms with E-state index in [1.807, 2.05) is 95.9 Å². The first-order valence-electron chi connectivity index (χ1n) is 23.6. The minimum Gasteiger partial charge on any atom is -0.480 e. The maximum absolute atomic E-state index is 12.3. The summed E-state index contributed by atoms with van der Waals surface area (Å²) < 4.78 is 5.05. The van der Waals surface area contributed by atoms with Crippen LogP contribution in [0.25, 0.3) is 0 Å². The van der Waals surface area contributed by atoms with Crippen molar-refractivity contribution in [1.29, 1.82) is 10.5 Å². The molecule has 0 aliphatic carbocycles. The van der Waals surface area contributed by atoms with Gasteiger partial charge in [0.25, 0.3) is 0 Å². The number of pyridine rings is 2. The third kappa shape index (κ3) is 16.5. The molecule has 0 unspecified atom stereocenters. The SMILES string of the molecule is CCOC(=O)c1cc(C#N)c(N2CCC(CC(=O)NCc3ccccc3)CC2)nc1C.Cc1nc(N2CCC(CC(=O)Nc3ccccc3)CC2)c(C#N)cc1C(=O)O.N[C@@H](Cc1ccccc1)C(=O)O. The van der Waals surface area contributed by atoms with E-state index in [-0.39, 0.29) is 35.5 Å². The summed E-state index contributed by atoms with van der Waals surface area (Å²) in [5.41, 5.74) is 10.1. The lowest BCUT2D eigenvalue weighted by Crippen LogP contribution is -2.37. The standard InChI is InChI=1S/C24H28N4O3.C21H22N4O3.C9H11NO2/c1-3-31-24(30)21-14-20(15-25)23(27-17(21)2)28-11-9-18(10-12-28)13-22(29)26-16-19-7-5-4-6-8-19;1-14-18(21(27)28)12-16(13-22)20(23-14)25-9-7-15(8-10-25)11-19(26)24-17-5-3-2-4-6-17;10-8(9(11)12)6-7-4-2-1-3-5-7/h4-8,14,18H,3,9-13,16H2,1-2H3,(H,26,29);2-6,12,15H,7-11H2,1H3,(H,24,26)(H,27,28);1-5,8H,6,10H2,(H,11,12)/t;;8-/m..0/s1. The van der Waals surface area contributed by atoms with Crippen LogP contribution in [-0.4, -0.2) is 88.7 Å². The summed E-state index contributed by atoms with van der Waals surface area (Å²) in [6, 6.07) is 35.0. The number of piperidine rings is 2. The number of carboxylic acids is 2. The van der Waals surface area contributed by atoms with Crippen LogP contribution in [0.1, 0.15) is 99.8 Å². The number of hydrogen-bond donors (Lipinski definition) is 5. The zero-order valence-corrected chi connectivity index (χ0v) is 40.3. The first-order valence-corrected chi connectivity index (χ1v) is 23.6. The number of ether oxygens (including phenoxy) is 1. The van der Waals surface area contributed by atoms with Gasteiger partial charge in [0.1, 0.15) is 29.8 Å². The highest BCUT2D eigenvalue weighted by Gasteiger charge is 2.27. The normalized spacial score (nSPS) is 13.9. The highest BCUT2D eigenvalue weighted by atomic mass is 16.5. The van der Waals surface area contributed by atoms with Crippen molar-refractivity contribution in [2.24, 2.45) is 17.6 Å². The summed E-state index contributed by atoms with van der Waals surface area (Å²) >= 11 is 0. The van der Waals surface area contributed by atoms with Gasteiger partial charge in [0.15, 0.2) is 0 Å². The number of nitriles is 2. The van der Waals surface area contributed by atoms with E-state index in [2.05, 4.69) is 37.6 Å². The maximum atomic E-state index is 12.3. The number of carboxylic acid groups (broad SMARTS) is 2. The summed E-state index contributed by atoms with van der Waals surface area (Å²) in [5.74, 6) is -0.750. The lowest BCUT2D eigenvalue weighted by atomic mass is 9.93. The van der Waals surface area contributed by atoms with E-state index in [1.165, 1.54) is 6.07 Å². The van der Waals surface area contributed by atoms with Crippen molar-refractivity contribution in [1.82, 2.24) is 15.3 Å². The van der Waals surface area contributed by atoms with Crippen LogP contribution in [0.2, 0.25) is 0 Å². The Morgan fingerprint density at radius 1 is 0.704 bits per heavy atom. The Morgan fingerprint density at radius 3 is 1.62 bits per heavy atom. The van der Waals surface area contributed by atoms with Gasteiger partial charge in [0.2, 0.25) is 11.8 Å². The smallest absolute Gasteiger partial charge is 0.340 e. The van der Waals surface area contributed by atoms with Crippen molar-refractivity contribution in [3.05, 3.63) is 148 Å². The number of benzene rings is 3. The molecule has 0 bridgehead atoms. The highest BCUT2D eigenvalue weighted by Crippen LogP contribution is 2.30. The molecule has 0 radical (unpaired) electrons. The number of nitrogens with one attached hydrogen (secondary N) is 2. The summed E-state index contributed by atoms with van der Waals surface area (Å²) in [6.07, 6.45) is 4.67. The van der Waals surface area contributed by atoms with Crippen molar-refractivity contribution in [2.75, 3.05) is 47.9 Å². The number of amides is 2. The number of esters is 1. The molecule has 2 fully saturated rings. The third-order valence-electron chi connectivity index (χ3n) is 12.1. The van der Waals surface area contributed by atoms with Crippen LogP contribution in [0.5, 0.6) is 0 Å². The van der Waals surface area contributed by atoms with Crippen LogP contribution < -0.4 is 26.2 Å². The van der Waals surface area contributed by atoms with Crippen molar-refractivity contribution < 1.29 is 38.9 Å².